The van der Waals surface area contributed by atoms with Crippen LogP contribution < -0.4 is 10.5 Å². The minimum Gasteiger partial charge on any atom is -0.311 e. The van der Waals surface area contributed by atoms with Gasteiger partial charge in [-0.3, -0.25) is 14.2 Å². The minimum absolute atomic E-state index is 0.0958. The Kier molecular flexibility index (Phi) is 7.40. The maximum atomic E-state index is 13.4. The van der Waals surface area contributed by atoms with Crippen LogP contribution in [0.5, 0.6) is 0 Å². The summed E-state index contributed by atoms with van der Waals surface area (Å²) in [6.45, 7) is 4.38. The van der Waals surface area contributed by atoms with Crippen molar-refractivity contribution in [2.24, 2.45) is 0 Å². The molecule has 0 aliphatic rings. The fourth-order valence-corrected chi connectivity index (χ4v) is 6.08. The van der Waals surface area contributed by atoms with Crippen molar-refractivity contribution in [3.05, 3.63) is 76.2 Å². The number of hydrogen-bond acceptors (Lipinski definition) is 7. The lowest BCUT2D eigenvalue weighted by Crippen LogP contribution is -2.33. The van der Waals surface area contributed by atoms with E-state index in [0.29, 0.717) is 28.5 Å². The number of rotatable bonds is 9. The van der Waals surface area contributed by atoms with E-state index in [0.717, 1.165) is 16.1 Å². The average Bonchev–Trinajstić information content (AvgIpc) is 3.51. The fourth-order valence-electron chi connectivity index (χ4n) is 3.39. The summed E-state index contributed by atoms with van der Waals surface area (Å²) in [6, 6.07) is 15.3. The van der Waals surface area contributed by atoms with Crippen LogP contribution in [0.4, 0.5) is 5.69 Å². The fraction of sp³-hybridized carbons (Fsp3) is 0.167. The number of aromatic nitrogens is 2. The molecule has 0 fully saturated rings. The molecular formula is C24H20N4O2S3. The Bertz CT molecular complexity index is 1370. The Labute approximate surface area is 203 Å². The molecule has 0 saturated heterocycles. The molecule has 166 valence electrons. The standard InChI is InChI=1S/C24H20N4O2S3/c1-2-12-28-23(30)21-18(19-10-6-14-31-19)15-32-22(21)26-24(28)33-16-20(29)27(13-7-11-25)17-8-4-3-5-9-17/h2-6,8-10,14-15H,1,7,12-13,16H2. The first-order valence-electron chi connectivity index (χ1n) is 10.2. The zero-order valence-corrected chi connectivity index (χ0v) is 20.1. The van der Waals surface area contributed by atoms with Gasteiger partial charge < -0.3 is 4.90 Å². The molecule has 0 aliphatic carbocycles. The number of carbonyl (C=O) groups is 1. The number of fused-ring (bicyclic) bond motifs is 1. The molecule has 0 unspecified atom stereocenters. The molecule has 0 N–H and O–H groups in total. The predicted octanol–water partition coefficient (Wildman–Crippen LogP) is 5.41. The average molecular weight is 493 g/mol. The number of thiophene rings is 2. The number of carbonyl (C=O) groups excluding carboxylic acids is 1. The first-order valence-corrected chi connectivity index (χ1v) is 12.9. The van der Waals surface area contributed by atoms with Gasteiger partial charge in [-0.2, -0.15) is 5.26 Å². The first-order chi connectivity index (χ1) is 16.1. The lowest BCUT2D eigenvalue weighted by atomic mass is 10.2. The third kappa shape index (κ3) is 4.93. The van der Waals surface area contributed by atoms with Crippen LogP contribution in [0, 0.1) is 11.3 Å². The predicted molar refractivity (Wildman–Crippen MR) is 137 cm³/mol. The summed E-state index contributed by atoms with van der Waals surface area (Å²) >= 11 is 4.24. The number of nitrogens with zero attached hydrogens (tertiary/aromatic N) is 4. The van der Waals surface area contributed by atoms with Gasteiger partial charge in [0.15, 0.2) is 5.16 Å². The van der Waals surface area contributed by atoms with Crippen molar-refractivity contribution in [2.45, 2.75) is 18.1 Å². The molecule has 9 heteroatoms. The van der Waals surface area contributed by atoms with Crippen molar-refractivity contribution in [2.75, 3.05) is 17.2 Å². The Morgan fingerprint density at radius 2 is 2.06 bits per heavy atom. The number of allylic oxidation sites excluding steroid dienone is 1. The van der Waals surface area contributed by atoms with Crippen LogP contribution in [0.2, 0.25) is 0 Å². The van der Waals surface area contributed by atoms with Gasteiger partial charge in [0, 0.05) is 34.6 Å². The quantitative estimate of drug-likeness (QED) is 0.177. The molecular weight excluding hydrogens is 472 g/mol. The molecule has 0 radical (unpaired) electrons. The second kappa shape index (κ2) is 10.6. The highest BCUT2D eigenvalue weighted by molar-refractivity contribution is 7.99. The van der Waals surface area contributed by atoms with E-state index in [9.17, 15) is 9.59 Å². The molecule has 0 bridgehead atoms. The SMILES string of the molecule is C=CCn1c(SCC(=O)N(CCC#N)c2ccccc2)nc2scc(-c3cccs3)c2c1=O. The van der Waals surface area contributed by atoms with Crippen molar-refractivity contribution in [1.29, 1.82) is 5.26 Å². The van der Waals surface area contributed by atoms with Crippen LogP contribution in [-0.2, 0) is 11.3 Å². The van der Waals surface area contributed by atoms with E-state index in [1.165, 1.54) is 23.1 Å². The van der Waals surface area contributed by atoms with Gasteiger partial charge in [0.25, 0.3) is 5.56 Å². The van der Waals surface area contributed by atoms with Crippen molar-refractivity contribution in [1.82, 2.24) is 9.55 Å². The highest BCUT2D eigenvalue weighted by Crippen LogP contribution is 2.34. The number of amides is 1. The van der Waals surface area contributed by atoms with Gasteiger partial charge in [0.2, 0.25) is 5.91 Å². The van der Waals surface area contributed by atoms with Gasteiger partial charge in [-0.05, 0) is 23.6 Å². The molecule has 33 heavy (non-hydrogen) atoms. The van der Waals surface area contributed by atoms with Gasteiger partial charge in [0.1, 0.15) is 4.83 Å². The maximum absolute atomic E-state index is 13.4. The van der Waals surface area contributed by atoms with E-state index in [-0.39, 0.29) is 23.6 Å². The summed E-state index contributed by atoms with van der Waals surface area (Å²) in [7, 11) is 0. The lowest BCUT2D eigenvalue weighted by molar-refractivity contribution is -0.116. The molecule has 4 rings (SSSR count). The summed E-state index contributed by atoms with van der Waals surface area (Å²) in [4.78, 5) is 34.5. The number of thioether (sulfide) groups is 1. The Hall–Kier alpha value is -3.19. The molecule has 3 aromatic heterocycles. The third-order valence-electron chi connectivity index (χ3n) is 4.90. The lowest BCUT2D eigenvalue weighted by Gasteiger charge is -2.21. The largest absolute Gasteiger partial charge is 0.311 e. The van der Waals surface area contributed by atoms with Crippen LogP contribution >= 0.6 is 34.4 Å². The summed E-state index contributed by atoms with van der Waals surface area (Å²) in [5, 5.41) is 14.0. The normalized spacial score (nSPS) is 10.8. The molecule has 0 aliphatic heterocycles. The van der Waals surface area contributed by atoms with Crippen LogP contribution in [0.25, 0.3) is 20.7 Å². The van der Waals surface area contributed by atoms with Gasteiger partial charge in [-0.15, -0.1) is 29.3 Å². The number of anilines is 1. The summed E-state index contributed by atoms with van der Waals surface area (Å²) in [5.41, 5.74) is 1.49. The van der Waals surface area contributed by atoms with E-state index in [4.69, 9.17) is 10.2 Å². The number of benzene rings is 1. The summed E-state index contributed by atoms with van der Waals surface area (Å²) in [6.07, 6.45) is 1.89. The van der Waals surface area contributed by atoms with Crippen molar-refractivity contribution in [3.63, 3.8) is 0 Å². The van der Waals surface area contributed by atoms with E-state index in [1.807, 2.05) is 53.2 Å². The molecule has 6 nitrogen and oxygen atoms in total. The van der Waals surface area contributed by atoms with E-state index in [2.05, 4.69) is 12.6 Å². The molecule has 3 heterocycles. The topological polar surface area (TPSA) is 79.0 Å². The van der Waals surface area contributed by atoms with Crippen LogP contribution in [-0.4, -0.2) is 27.8 Å². The number of para-hydroxylation sites is 1. The molecule has 1 aromatic carbocycles. The Morgan fingerprint density at radius 1 is 1.24 bits per heavy atom. The van der Waals surface area contributed by atoms with E-state index in [1.54, 1.807) is 26.9 Å². The van der Waals surface area contributed by atoms with Crippen molar-refractivity contribution >= 4 is 56.2 Å². The van der Waals surface area contributed by atoms with Gasteiger partial charge in [0.05, 0.1) is 23.6 Å². The second-order valence-corrected chi connectivity index (χ2v) is 9.73. The Morgan fingerprint density at radius 3 is 2.76 bits per heavy atom. The van der Waals surface area contributed by atoms with Gasteiger partial charge >= 0.3 is 0 Å². The van der Waals surface area contributed by atoms with Gasteiger partial charge in [-0.1, -0.05) is 42.1 Å². The third-order valence-corrected chi connectivity index (χ3v) is 7.63. The zero-order chi connectivity index (χ0) is 23.2. The minimum atomic E-state index is -0.147. The molecule has 0 atom stereocenters. The highest BCUT2D eigenvalue weighted by Gasteiger charge is 2.20. The molecule has 0 saturated carbocycles. The van der Waals surface area contributed by atoms with Gasteiger partial charge in [-0.25, -0.2) is 4.98 Å². The van der Waals surface area contributed by atoms with Crippen LogP contribution in [0.15, 0.2) is 75.8 Å². The van der Waals surface area contributed by atoms with E-state index >= 15 is 0 Å². The smallest absolute Gasteiger partial charge is 0.263 e. The summed E-state index contributed by atoms with van der Waals surface area (Å²) in [5.74, 6) is -0.0510. The van der Waals surface area contributed by atoms with Crippen molar-refractivity contribution < 1.29 is 4.79 Å². The second-order valence-electron chi connectivity index (χ2n) is 6.98. The summed E-state index contributed by atoms with van der Waals surface area (Å²) < 4.78 is 1.57. The molecule has 1 amide bonds. The number of hydrogen-bond donors (Lipinski definition) is 0. The monoisotopic (exact) mass is 492 g/mol. The first kappa shape index (κ1) is 23.0. The van der Waals surface area contributed by atoms with Crippen molar-refractivity contribution in [3.8, 4) is 16.5 Å². The maximum Gasteiger partial charge on any atom is 0.263 e. The Balaban J connectivity index is 1.64. The number of nitriles is 1. The van der Waals surface area contributed by atoms with E-state index < -0.39 is 0 Å². The zero-order valence-electron chi connectivity index (χ0n) is 17.6. The highest BCUT2D eigenvalue weighted by atomic mass is 32.2. The molecule has 0 spiro atoms. The molecule has 4 aromatic rings. The van der Waals surface area contributed by atoms with Crippen LogP contribution in [0.3, 0.4) is 0 Å². The van der Waals surface area contributed by atoms with Crippen LogP contribution in [0.1, 0.15) is 6.42 Å².